The predicted molar refractivity (Wildman–Crippen MR) is 83.9 cm³/mol. The number of nitrogens with two attached hydrogens (primary N) is 1. The lowest BCUT2D eigenvalue weighted by molar-refractivity contribution is 0.0650. The number of sulfonamides is 1. The number of hydrogen-bond donors (Lipinski definition) is 1. The zero-order chi connectivity index (χ0) is 16.1. The zero-order valence-corrected chi connectivity index (χ0v) is 13.8. The summed E-state index contributed by atoms with van der Waals surface area (Å²) in [5.74, 6) is 0.349. The highest BCUT2D eigenvalue weighted by Gasteiger charge is 2.42. The number of aryl methyl sites for hydroxylation is 1. The lowest BCUT2D eigenvalue weighted by Gasteiger charge is -2.30. The number of amides is 1. The maximum absolute atomic E-state index is 13.0. The number of hydrogen-bond acceptors (Lipinski definition) is 3. The van der Waals surface area contributed by atoms with E-state index in [0.29, 0.717) is 5.92 Å². The van der Waals surface area contributed by atoms with E-state index in [9.17, 15) is 13.2 Å². The molecule has 1 atom stereocenters. The Bertz CT molecular complexity index is 706. The van der Waals surface area contributed by atoms with Crippen LogP contribution in [-0.4, -0.2) is 31.3 Å². The molecule has 120 valence electrons. The normalized spacial score (nSPS) is 19.8. The van der Waals surface area contributed by atoms with Gasteiger partial charge in [-0.3, -0.25) is 4.79 Å². The first-order valence-corrected chi connectivity index (χ1v) is 9.30. The van der Waals surface area contributed by atoms with E-state index < -0.39 is 10.0 Å². The molecule has 0 aliphatic heterocycles. The van der Waals surface area contributed by atoms with Crippen molar-refractivity contribution < 1.29 is 13.2 Å². The van der Waals surface area contributed by atoms with Crippen LogP contribution in [0.3, 0.4) is 0 Å². The third-order valence-electron chi connectivity index (χ3n) is 4.59. The molecule has 0 aromatic heterocycles. The lowest BCUT2D eigenvalue weighted by Crippen LogP contribution is -2.42. The minimum absolute atomic E-state index is 0.0725. The third kappa shape index (κ3) is 3.03. The van der Waals surface area contributed by atoms with Gasteiger partial charge in [0.2, 0.25) is 10.0 Å². The molecule has 1 aromatic carbocycles. The van der Waals surface area contributed by atoms with Gasteiger partial charge in [0.05, 0.1) is 10.5 Å². The highest BCUT2D eigenvalue weighted by atomic mass is 32.2. The SMILES string of the molecule is Cc1ccc(S(N)(=O)=O)c(C(=O)N(C2CC2)C(C)C2CC2)c1. The van der Waals surface area contributed by atoms with Gasteiger partial charge in [-0.1, -0.05) is 11.6 Å². The van der Waals surface area contributed by atoms with Gasteiger partial charge in [0.15, 0.2) is 0 Å². The topological polar surface area (TPSA) is 80.5 Å². The molecule has 5 nitrogen and oxygen atoms in total. The van der Waals surface area contributed by atoms with E-state index in [1.807, 2.05) is 11.8 Å². The fourth-order valence-corrected chi connectivity index (χ4v) is 3.75. The van der Waals surface area contributed by atoms with Crippen molar-refractivity contribution in [1.82, 2.24) is 4.90 Å². The summed E-state index contributed by atoms with van der Waals surface area (Å²) in [6, 6.07) is 5.15. The summed E-state index contributed by atoms with van der Waals surface area (Å²) < 4.78 is 23.6. The standard InChI is InChI=1S/C16H22N2O3S/c1-10-3-8-15(22(17,20)21)14(9-10)16(19)18(13-6-7-13)11(2)12-4-5-12/h3,8-9,11-13H,4-7H2,1-2H3,(H2,17,20,21). The minimum Gasteiger partial charge on any atom is -0.333 e. The van der Waals surface area contributed by atoms with Crippen molar-refractivity contribution in [2.24, 2.45) is 11.1 Å². The maximum Gasteiger partial charge on any atom is 0.255 e. The van der Waals surface area contributed by atoms with Crippen LogP contribution in [0.5, 0.6) is 0 Å². The molecule has 1 aromatic rings. The largest absolute Gasteiger partial charge is 0.333 e. The average Bonchev–Trinajstić information content (AvgIpc) is 3.28. The highest BCUT2D eigenvalue weighted by molar-refractivity contribution is 7.89. The second-order valence-electron chi connectivity index (χ2n) is 6.57. The fourth-order valence-electron chi connectivity index (χ4n) is 3.04. The molecule has 0 radical (unpaired) electrons. The Kier molecular flexibility index (Phi) is 3.77. The Morgan fingerprint density at radius 3 is 2.41 bits per heavy atom. The monoisotopic (exact) mass is 322 g/mol. The van der Waals surface area contributed by atoms with Crippen LogP contribution in [0.2, 0.25) is 0 Å². The number of carbonyl (C=O) groups is 1. The molecule has 22 heavy (non-hydrogen) atoms. The summed E-state index contributed by atoms with van der Waals surface area (Å²) in [4.78, 5) is 14.8. The molecule has 2 fully saturated rings. The predicted octanol–water partition coefficient (Wildman–Crippen LogP) is 2.05. The Morgan fingerprint density at radius 2 is 1.91 bits per heavy atom. The first-order chi connectivity index (χ1) is 10.3. The van der Waals surface area contributed by atoms with Gasteiger partial charge in [-0.2, -0.15) is 0 Å². The maximum atomic E-state index is 13.0. The van der Waals surface area contributed by atoms with Gasteiger partial charge in [0.1, 0.15) is 0 Å². The lowest BCUT2D eigenvalue weighted by atomic mass is 10.1. The third-order valence-corrected chi connectivity index (χ3v) is 5.56. The second kappa shape index (κ2) is 5.35. The first-order valence-electron chi connectivity index (χ1n) is 7.75. The molecule has 0 spiro atoms. The van der Waals surface area contributed by atoms with Crippen LogP contribution in [0, 0.1) is 12.8 Å². The van der Waals surface area contributed by atoms with Crippen LogP contribution in [0.1, 0.15) is 48.5 Å². The van der Waals surface area contributed by atoms with Crippen LogP contribution in [-0.2, 0) is 10.0 Å². The smallest absolute Gasteiger partial charge is 0.255 e. The molecule has 0 saturated heterocycles. The molecule has 2 saturated carbocycles. The Hall–Kier alpha value is -1.40. The van der Waals surface area contributed by atoms with E-state index in [4.69, 9.17) is 5.14 Å². The van der Waals surface area contributed by atoms with Crippen LogP contribution in [0.25, 0.3) is 0 Å². The van der Waals surface area contributed by atoms with Crippen molar-refractivity contribution in [3.8, 4) is 0 Å². The highest BCUT2D eigenvalue weighted by Crippen LogP contribution is 2.40. The number of nitrogens with zero attached hydrogens (tertiary/aromatic N) is 1. The van der Waals surface area contributed by atoms with Crippen LogP contribution < -0.4 is 5.14 Å². The van der Waals surface area contributed by atoms with Crippen LogP contribution in [0.4, 0.5) is 0 Å². The Labute approximate surface area is 131 Å². The van der Waals surface area contributed by atoms with Crippen molar-refractivity contribution in [1.29, 1.82) is 0 Å². The van der Waals surface area contributed by atoms with Crippen molar-refractivity contribution in [3.05, 3.63) is 29.3 Å². The van der Waals surface area contributed by atoms with E-state index in [1.54, 1.807) is 12.1 Å². The van der Waals surface area contributed by atoms with Crippen molar-refractivity contribution in [2.75, 3.05) is 0 Å². The number of rotatable bonds is 5. The van der Waals surface area contributed by atoms with Crippen LogP contribution >= 0.6 is 0 Å². The summed E-state index contributed by atoms with van der Waals surface area (Å²) in [6.45, 7) is 3.91. The number of carbonyl (C=O) groups excluding carboxylic acids is 1. The van der Waals surface area contributed by atoms with E-state index in [0.717, 1.165) is 31.2 Å². The van der Waals surface area contributed by atoms with Crippen molar-refractivity contribution in [2.45, 2.75) is 56.5 Å². The van der Waals surface area contributed by atoms with Gasteiger partial charge in [-0.15, -0.1) is 0 Å². The summed E-state index contributed by atoms with van der Waals surface area (Å²) in [7, 11) is -3.91. The van der Waals surface area contributed by atoms with Gasteiger partial charge >= 0.3 is 0 Å². The first kappa shape index (κ1) is 15.5. The van der Waals surface area contributed by atoms with E-state index >= 15 is 0 Å². The average molecular weight is 322 g/mol. The summed E-state index contributed by atoms with van der Waals surface area (Å²) >= 11 is 0. The quantitative estimate of drug-likeness (QED) is 0.901. The van der Waals surface area contributed by atoms with Crippen LogP contribution in [0.15, 0.2) is 23.1 Å². The molecule has 1 unspecified atom stereocenters. The molecule has 3 rings (SSSR count). The summed E-state index contributed by atoms with van der Waals surface area (Å²) in [5, 5.41) is 5.29. The zero-order valence-electron chi connectivity index (χ0n) is 13.0. The van der Waals surface area contributed by atoms with E-state index in [-0.39, 0.29) is 28.4 Å². The molecule has 2 aliphatic rings. The molecule has 2 N–H and O–H groups in total. The van der Waals surface area contributed by atoms with Gasteiger partial charge in [0, 0.05) is 12.1 Å². The molecule has 6 heteroatoms. The second-order valence-corrected chi connectivity index (χ2v) is 8.10. The Balaban J connectivity index is 2.01. The van der Waals surface area contributed by atoms with Gasteiger partial charge in [-0.25, -0.2) is 13.6 Å². The van der Waals surface area contributed by atoms with Gasteiger partial charge < -0.3 is 4.90 Å². The van der Waals surface area contributed by atoms with Crippen molar-refractivity contribution in [3.63, 3.8) is 0 Å². The summed E-state index contributed by atoms with van der Waals surface area (Å²) in [6.07, 6.45) is 4.29. The minimum atomic E-state index is -3.91. The molecule has 1 amide bonds. The number of benzene rings is 1. The van der Waals surface area contributed by atoms with E-state index in [2.05, 4.69) is 6.92 Å². The van der Waals surface area contributed by atoms with E-state index in [1.165, 1.54) is 6.07 Å². The molecule has 0 bridgehead atoms. The van der Waals surface area contributed by atoms with Gasteiger partial charge in [0.25, 0.3) is 5.91 Å². The molecular formula is C16H22N2O3S. The Morgan fingerprint density at radius 1 is 1.27 bits per heavy atom. The number of primary sulfonamides is 1. The van der Waals surface area contributed by atoms with Crippen molar-refractivity contribution >= 4 is 15.9 Å². The molecule has 0 heterocycles. The summed E-state index contributed by atoms with van der Waals surface area (Å²) in [5.41, 5.74) is 1.06. The van der Waals surface area contributed by atoms with Gasteiger partial charge in [-0.05, 0) is 57.6 Å². The molecule has 2 aliphatic carbocycles. The molecular weight excluding hydrogens is 300 g/mol. The fraction of sp³-hybridized carbons (Fsp3) is 0.562.